The lowest BCUT2D eigenvalue weighted by Gasteiger charge is -2.03. The highest BCUT2D eigenvalue weighted by Gasteiger charge is 2.14. The third-order valence-corrected chi connectivity index (χ3v) is 3.25. The Morgan fingerprint density at radius 2 is 1.88 bits per heavy atom. The molecule has 7 heteroatoms. The summed E-state index contributed by atoms with van der Waals surface area (Å²) in [6, 6.07) is 14.3. The second-order valence-corrected chi connectivity index (χ2v) is 5.10. The Kier molecular flexibility index (Phi) is 5.96. The summed E-state index contributed by atoms with van der Waals surface area (Å²) in [7, 11) is 0. The first kappa shape index (κ1) is 17.8. The van der Waals surface area contributed by atoms with Gasteiger partial charge >= 0.3 is 5.97 Å². The van der Waals surface area contributed by atoms with Crippen molar-refractivity contribution in [3.05, 3.63) is 76.9 Å². The zero-order valence-electron chi connectivity index (χ0n) is 13.1. The second kappa shape index (κ2) is 8.36. The number of benzene rings is 2. The number of azo groups is 1. The molecule has 0 aliphatic carbocycles. The van der Waals surface area contributed by atoms with Crippen molar-refractivity contribution in [2.45, 2.75) is 12.8 Å². The zero-order valence-corrected chi connectivity index (χ0v) is 13.1. The average molecular weight is 339 g/mol. The fraction of sp³-hybridized carbons (Fsp3) is 0.111. The van der Waals surface area contributed by atoms with E-state index in [4.69, 9.17) is 5.26 Å². The number of aryl methyl sites for hydroxylation is 1. The number of carboxylic acids is 1. The normalized spacial score (nSPS) is 11.8. The van der Waals surface area contributed by atoms with E-state index in [1.807, 2.05) is 30.3 Å². The van der Waals surface area contributed by atoms with Gasteiger partial charge in [0.2, 0.25) is 5.70 Å². The fourth-order valence-corrected chi connectivity index (χ4v) is 2.05. The largest absolute Gasteiger partial charge is 0.510 e. The predicted molar refractivity (Wildman–Crippen MR) is 87.7 cm³/mol. The van der Waals surface area contributed by atoms with Crippen LogP contribution in [0.25, 0.3) is 0 Å². The number of aliphatic hydroxyl groups is 1. The van der Waals surface area contributed by atoms with E-state index in [0.29, 0.717) is 6.42 Å². The van der Waals surface area contributed by atoms with Gasteiger partial charge in [-0.2, -0.15) is 10.4 Å². The van der Waals surface area contributed by atoms with Crippen LogP contribution in [0.2, 0.25) is 0 Å². The molecule has 0 amide bonds. The van der Waals surface area contributed by atoms with Gasteiger partial charge in [0.1, 0.15) is 11.6 Å². The van der Waals surface area contributed by atoms with Crippen LogP contribution in [0.4, 0.5) is 10.1 Å². The summed E-state index contributed by atoms with van der Waals surface area (Å²) >= 11 is 0. The Bertz CT molecular complexity index is 871. The molecule has 0 heterocycles. The summed E-state index contributed by atoms with van der Waals surface area (Å²) in [6.45, 7) is 0. The van der Waals surface area contributed by atoms with E-state index in [0.717, 1.165) is 17.7 Å². The van der Waals surface area contributed by atoms with Gasteiger partial charge in [-0.25, -0.2) is 9.18 Å². The molecule has 0 bridgehead atoms. The number of hydrogen-bond acceptors (Lipinski definition) is 5. The number of aliphatic carboxylic acids is 1. The average Bonchev–Trinajstić information content (AvgIpc) is 2.60. The van der Waals surface area contributed by atoms with Crippen LogP contribution < -0.4 is 0 Å². The van der Waals surface area contributed by atoms with Gasteiger partial charge < -0.3 is 10.2 Å². The van der Waals surface area contributed by atoms with E-state index in [-0.39, 0.29) is 17.7 Å². The highest BCUT2D eigenvalue weighted by Crippen LogP contribution is 2.20. The van der Waals surface area contributed by atoms with Gasteiger partial charge in [-0.1, -0.05) is 30.3 Å². The monoisotopic (exact) mass is 339 g/mol. The molecule has 0 aromatic heterocycles. The minimum Gasteiger partial charge on any atom is -0.510 e. The van der Waals surface area contributed by atoms with Gasteiger partial charge in [0.05, 0.1) is 17.3 Å². The molecule has 2 N–H and O–H groups in total. The summed E-state index contributed by atoms with van der Waals surface area (Å²) in [5, 5.41) is 35.1. The molecule has 25 heavy (non-hydrogen) atoms. The van der Waals surface area contributed by atoms with Crippen LogP contribution in [-0.2, 0) is 11.2 Å². The van der Waals surface area contributed by atoms with Crippen LogP contribution >= 0.6 is 0 Å². The van der Waals surface area contributed by atoms with Gasteiger partial charge in [0.15, 0.2) is 0 Å². The lowest BCUT2D eigenvalue weighted by molar-refractivity contribution is -0.133. The first-order valence-electron chi connectivity index (χ1n) is 7.31. The molecule has 126 valence electrons. The molecule has 0 atom stereocenters. The lowest BCUT2D eigenvalue weighted by Crippen LogP contribution is -2.03. The van der Waals surface area contributed by atoms with E-state index in [1.54, 1.807) is 6.07 Å². The number of nitrogens with zero attached hydrogens (tertiary/aromatic N) is 3. The van der Waals surface area contributed by atoms with Crippen molar-refractivity contribution in [1.29, 1.82) is 5.26 Å². The molecule has 0 aliphatic rings. The van der Waals surface area contributed by atoms with Gasteiger partial charge in [-0.05, 0) is 24.1 Å². The SMILES string of the molecule is N#Cc1cc(F)cc(N=NC(C(=O)O)=C(O)CCc2ccccc2)c1. The number of rotatable bonds is 6. The molecule has 0 aliphatic heterocycles. The maximum Gasteiger partial charge on any atom is 0.359 e. The zero-order chi connectivity index (χ0) is 18.2. The molecule has 0 unspecified atom stereocenters. The van der Waals surface area contributed by atoms with E-state index >= 15 is 0 Å². The lowest BCUT2D eigenvalue weighted by atomic mass is 10.1. The molecule has 2 rings (SSSR count). The van der Waals surface area contributed by atoms with E-state index in [2.05, 4.69) is 10.2 Å². The Hall–Kier alpha value is -3.53. The summed E-state index contributed by atoms with van der Waals surface area (Å²) in [4.78, 5) is 11.3. The topological polar surface area (TPSA) is 106 Å². The molecule has 0 fully saturated rings. The highest BCUT2D eigenvalue weighted by molar-refractivity contribution is 5.86. The second-order valence-electron chi connectivity index (χ2n) is 5.10. The van der Waals surface area contributed by atoms with Gasteiger partial charge in [-0.15, -0.1) is 5.11 Å². The van der Waals surface area contributed by atoms with Crippen molar-refractivity contribution in [1.82, 2.24) is 0 Å². The number of carbonyl (C=O) groups is 1. The molecule has 6 nitrogen and oxygen atoms in total. The number of allylic oxidation sites excluding steroid dienone is 1. The van der Waals surface area contributed by atoms with E-state index in [9.17, 15) is 19.4 Å². The molecule has 2 aromatic carbocycles. The van der Waals surface area contributed by atoms with Crippen LogP contribution in [0.3, 0.4) is 0 Å². The number of aliphatic hydroxyl groups excluding tert-OH is 1. The molecule has 2 aromatic rings. The minimum absolute atomic E-state index is 0.0221. The van der Waals surface area contributed by atoms with Gasteiger partial charge in [0.25, 0.3) is 0 Å². The smallest absolute Gasteiger partial charge is 0.359 e. The standard InChI is InChI=1S/C18H14FN3O3/c19-14-8-13(11-20)9-15(10-14)21-22-17(18(24)25)16(23)7-6-12-4-2-1-3-5-12/h1-5,8-10,23H,6-7H2,(H,24,25). The Labute approximate surface area is 143 Å². The molecule has 0 saturated heterocycles. The third kappa shape index (κ3) is 5.25. The van der Waals surface area contributed by atoms with Crippen LogP contribution in [0.1, 0.15) is 17.5 Å². The third-order valence-electron chi connectivity index (χ3n) is 3.25. The fourth-order valence-electron chi connectivity index (χ4n) is 2.05. The van der Waals surface area contributed by atoms with Gasteiger partial charge in [-0.3, -0.25) is 0 Å². The molecule has 0 saturated carbocycles. The quantitative estimate of drug-likeness (QED) is 0.465. The van der Waals surface area contributed by atoms with Crippen molar-refractivity contribution in [2.75, 3.05) is 0 Å². The summed E-state index contributed by atoms with van der Waals surface area (Å²) in [5.74, 6) is -2.58. The first-order valence-corrected chi connectivity index (χ1v) is 7.31. The first-order chi connectivity index (χ1) is 12.0. The van der Waals surface area contributed by atoms with E-state index < -0.39 is 23.2 Å². The molecule has 0 radical (unpaired) electrons. The van der Waals surface area contributed by atoms with Crippen LogP contribution in [0.5, 0.6) is 0 Å². The summed E-state index contributed by atoms with van der Waals surface area (Å²) < 4.78 is 13.3. The maximum atomic E-state index is 13.3. The van der Waals surface area contributed by atoms with Crippen LogP contribution in [0, 0.1) is 17.1 Å². The van der Waals surface area contributed by atoms with Crippen molar-refractivity contribution < 1.29 is 19.4 Å². The number of carboxylic acid groups (broad SMARTS) is 1. The van der Waals surface area contributed by atoms with Gasteiger partial charge in [0, 0.05) is 12.5 Å². The van der Waals surface area contributed by atoms with Crippen molar-refractivity contribution >= 4 is 11.7 Å². The molecule has 0 spiro atoms. The summed E-state index contributed by atoms with van der Waals surface area (Å²) in [5.41, 5.74) is 0.312. The van der Waals surface area contributed by atoms with Crippen LogP contribution in [-0.4, -0.2) is 16.2 Å². The Morgan fingerprint density at radius 1 is 1.16 bits per heavy atom. The number of nitriles is 1. The Balaban J connectivity index is 2.21. The van der Waals surface area contributed by atoms with E-state index in [1.165, 1.54) is 6.07 Å². The number of hydrogen-bond donors (Lipinski definition) is 2. The van der Waals surface area contributed by atoms with Crippen LogP contribution in [0.15, 0.2) is 70.2 Å². The minimum atomic E-state index is -1.45. The number of halogens is 1. The van der Waals surface area contributed by atoms with Crippen molar-refractivity contribution in [2.24, 2.45) is 10.2 Å². The summed E-state index contributed by atoms with van der Waals surface area (Å²) in [6.07, 6.45) is 0.495. The molecular weight excluding hydrogens is 325 g/mol. The molecular formula is C18H14FN3O3. The highest BCUT2D eigenvalue weighted by atomic mass is 19.1. The Morgan fingerprint density at radius 3 is 2.52 bits per heavy atom. The van der Waals surface area contributed by atoms with Crippen molar-refractivity contribution in [3.63, 3.8) is 0 Å². The predicted octanol–water partition coefficient (Wildman–Crippen LogP) is 4.27. The van der Waals surface area contributed by atoms with Crippen molar-refractivity contribution in [3.8, 4) is 6.07 Å². The maximum absolute atomic E-state index is 13.3.